The van der Waals surface area contributed by atoms with Gasteiger partial charge in [-0.15, -0.1) is 0 Å². The molecule has 4 aromatic carbocycles. The van der Waals surface area contributed by atoms with Crippen LogP contribution in [0, 0.1) is 0 Å². The van der Waals surface area contributed by atoms with E-state index in [1.54, 1.807) is 0 Å². The Bertz CT molecular complexity index is 1380. The summed E-state index contributed by atoms with van der Waals surface area (Å²) in [5, 5.41) is 23.0. The van der Waals surface area contributed by atoms with Crippen molar-refractivity contribution in [1.82, 2.24) is 0 Å². The normalized spacial score (nSPS) is 17.9. The molecular formula is C41H48O2. The van der Waals surface area contributed by atoms with Crippen molar-refractivity contribution >= 4 is 0 Å². The summed E-state index contributed by atoms with van der Waals surface area (Å²) in [6.07, 6.45) is 13.1. The van der Waals surface area contributed by atoms with E-state index in [0.717, 1.165) is 11.1 Å². The summed E-state index contributed by atoms with van der Waals surface area (Å²) in [5.41, 5.74) is 9.71. The predicted octanol–water partition coefficient (Wildman–Crippen LogP) is 11.1. The highest BCUT2D eigenvalue weighted by Crippen LogP contribution is 2.44. The number of hydrogen-bond acceptors (Lipinski definition) is 2. The number of rotatable bonds is 8. The van der Waals surface area contributed by atoms with Crippen LogP contribution in [0.1, 0.15) is 146 Å². The van der Waals surface area contributed by atoms with Crippen molar-refractivity contribution in [3.05, 3.63) is 129 Å². The minimum absolute atomic E-state index is 0.211. The lowest BCUT2D eigenvalue weighted by Crippen LogP contribution is -2.12. The molecule has 2 nitrogen and oxygen atoms in total. The molecule has 0 aromatic heterocycles. The van der Waals surface area contributed by atoms with Gasteiger partial charge in [-0.2, -0.15) is 0 Å². The van der Waals surface area contributed by atoms with Crippen LogP contribution in [0.25, 0.3) is 0 Å². The van der Waals surface area contributed by atoms with E-state index in [4.69, 9.17) is 0 Å². The third-order valence-corrected chi connectivity index (χ3v) is 10.6. The molecule has 0 saturated heterocycles. The van der Waals surface area contributed by atoms with Gasteiger partial charge in [-0.3, -0.25) is 0 Å². The molecule has 6 rings (SSSR count). The van der Waals surface area contributed by atoms with Gasteiger partial charge in [0.15, 0.2) is 0 Å². The van der Waals surface area contributed by atoms with Crippen LogP contribution in [0.4, 0.5) is 0 Å². The smallest absolute Gasteiger partial charge is 0.119 e. The van der Waals surface area contributed by atoms with E-state index in [2.05, 4.69) is 86.6 Å². The van der Waals surface area contributed by atoms with E-state index in [1.165, 1.54) is 97.6 Å². The SMILES string of the molecule is CC(c1ccccc1)c1cc(O)c(Cc2cc(C3CCCCC3)c(C(C)c3ccccc3)cc2O)cc1C1CCCCC1. The van der Waals surface area contributed by atoms with Crippen LogP contribution < -0.4 is 0 Å². The van der Waals surface area contributed by atoms with Crippen LogP contribution in [0.3, 0.4) is 0 Å². The van der Waals surface area contributed by atoms with Gasteiger partial charge >= 0.3 is 0 Å². The first-order valence-electron chi connectivity index (χ1n) is 16.8. The second-order valence-corrected chi connectivity index (χ2v) is 13.3. The molecule has 4 aromatic rings. The lowest BCUT2D eigenvalue weighted by molar-refractivity contribution is 0.435. The third kappa shape index (κ3) is 6.54. The lowest BCUT2D eigenvalue weighted by atomic mass is 9.76. The summed E-state index contributed by atoms with van der Waals surface area (Å²) >= 11 is 0. The van der Waals surface area contributed by atoms with Crippen LogP contribution in [0.15, 0.2) is 84.9 Å². The van der Waals surface area contributed by atoms with Crippen molar-refractivity contribution in [2.75, 3.05) is 0 Å². The zero-order valence-electron chi connectivity index (χ0n) is 26.1. The largest absolute Gasteiger partial charge is 0.508 e. The van der Waals surface area contributed by atoms with Gasteiger partial charge < -0.3 is 10.2 Å². The Labute approximate surface area is 258 Å². The highest BCUT2D eigenvalue weighted by molar-refractivity contribution is 5.53. The van der Waals surface area contributed by atoms with Gasteiger partial charge in [0, 0.05) is 18.3 Å². The maximum atomic E-state index is 11.5. The molecule has 0 bridgehead atoms. The first kappa shape index (κ1) is 29.5. The molecular weight excluding hydrogens is 524 g/mol. The predicted molar refractivity (Wildman–Crippen MR) is 179 cm³/mol. The van der Waals surface area contributed by atoms with E-state index in [9.17, 15) is 10.2 Å². The molecule has 0 spiro atoms. The maximum Gasteiger partial charge on any atom is 0.119 e. The molecule has 2 atom stereocenters. The first-order chi connectivity index (χ1) is 21.0. The Morgan fingerprint density at radius 1 is 0.535 bits per heavy atom. The van der Waals surface area contributed by atoms with Crippen molar-refractivity contribution in [3.63, 3.8) is 0 Å². The highest BCUT2D eigenvalue weighted by atomic mass is 16.3. The number of aromatic hydroxyl groups is 2. The van der Waals surface area contributed by atoms with Crippen LogP contribution in [0.5, 0.6) is 11.5 Å². The van der Waals surface area contributed by atoms with E-state index >= 15 is 0 Å². The zero-order valence-corrected chi connectivity index (χ0v) is 26.1. The molecule has 0 radical (unpaired) electrons. The Balaban J connectivity index is 1.39. The fourth-order valence-corrected chi connectivity index (χ4v) is 7.95. The molecule has 2 aliphatic rings. The molecule has 0 aliphatic heterocycles. The lowest BCUT2D eigenvalue weighted by Gasteiger charge is -2.29. The van der Waals surface area contributed by atoms with Gasteiger partial charge in [-0.05, 0) is 94.2 Å². The van der Waals surface area contributed by atoms with Gasteiger partial charge in [0.2, 0.25) is 0 Å². The Hall–Kier alpha value is -3.52. The zero-order chi connectivity index (χ0) is 29.8. The van der Waals surface area contributed by atoms with Crippen molar-refractivity contribution in [2.24, 2.45) is 0 Å². The molecule has 0 amide bonds. The summed E-state index contributed by atoms with van der Waals surface area (Å²) < 4.78 is 0. The molecule has 2 heteroatoms. The molecule has 2 aliphatic carbocycles. The monoisotopic (exact) mass is 572 g/mol. The summed E-state index contributed by atoms with van der Waals surface area (Å²) in [5.74, 6) is 2.16. The minimum atomic E-state index is 0.211. The molecule has 224 valence electrons. The Morgan fingerprint density at radius 2 is 0.907 bits per heavy atom. The number of benzene rings is 4. The number of phenolic OH excluding ortho intramolecular Hbond substituents is 2. The Kier molecular flexibility index (Phi) is 9.22. The number of phenols is 2. The molecule has 0 heterocycles. The maximum absolute atomic E-state index is 11.5. The van der Waals surface area contributed by atoms with Crippen molar-refractivity contribution in [3.8, 4) is 11.5 Å². The Morgan fingerprint density at radius 3 is 1.28 bits per heavy atom. The fourth-order valence-electron chi connectivity index (χ4n) is 7.95. The fraction of sp³-hybridized carbons (Fsp3) is 0.415. The molecule has 2 unspecified atom stereocenters. The summed E-state index contributed by atoms with van der Waals surface area (Å²) in [7, 11) is 0. The van der Waals surface area contributed by atoms with Gasteiger partial charge in [0.1, 0.15) is 11.5 Å². The summed E-state index contributed by atoms with van der Waals surface area (Å²) in [4.78, 5) is 0. The molecule has 2 saturated carbocycles. The first-order valence-corrected chi connectivity index (χ1v) is 16.8. The van der Waals surface area contributed by atoms with Gasteiger partial charge in [0.25, 0.3) is 0 Å². The van der Waals surface area contributed by atoms with Gasteiger partial charge in [-0.25, -0.2) is 0 Å². The average molecular weight is 573 g/mol. The van der Waals surface area contributed by atoms with E-state index in [0.29, 0.717) is 29.8 Å². The van der Waals surface area contributed by atoms with Crippen molar-refractivity contribution in [1.29, 1.82) is 0 Å². The average Bonchev–Trinajstić information content (AvgIpc) is 3.07. The van der Waals surface area contributed by atoms with Crippen LogP contribution in [-0.4, -0.2) is 10.2 Å². The van der Waals surface area contributed by atoms with E-state index < -0.39 is 0 Å². The van der Waals surface area contributed by atoms with Crippen LogP contribution in [-0.2, 0) is 6.42 Å². The standard InChI is InChI=1S/C41H48O2/c1-28(30-15-7-3-8-16-30)36-26-40(42)34(24-38(36)32-19-11-5-12-20-32)23-35-25-39(33-21-13-6-14-22-33)37(27-41(35)43)29(2)31-17-9-4-10-18-31/h3-4,7-10,15-18,24-29,32-33,42-43H,5-6,11-14,19-23H2,1-2H3. The number of hydrogen-bond donors (Lipinski definition) is 2. The quantitative estimate of drug-likeness (QED) is 0.220. The molecule has 2 N–H and O–H groups in total. The molecule has 2 fully saturated rings. The summed E-state index contributed by atoms with van der Waals surface area (Å²) in [6, 6.07) is 30.0. The highest BCUT2D eigenvalue weighted by Gasteiger charge is 2.26. The second-order valence-electron chi connectivity index (χ2n) is 13.3. The second kappa shape index (κ2) is 13.4. The summed E-state index contributed by atoms with van der Waals surface area (Å²) in [6.45, 7) is 4.54. The van der Waals surface area contributed by atoms with E-state index in [-0.39, 0.29) is 11.8 Å². The third-order valence-electron chi connectivity index (χ3n) is 10.6. The van der Waals surface area contributed by atoms with Crippen LogP contribution >= 0.6 is 0 Å². The van der Waals surface area contributed by atoms with Gasteiger partial charge in [0.05, 0.1) is 0 Å². The topological polar surface area (TPSA) is 40.5 Å². The van der Waals surface area contributed by atoms with Gasteiger partial charge in [-0.1, -0.05) is 125 Å². The van der Waals surface area contributed by atoms with Crippen molar-refractivity contribution in [2.45, 2.75) is 108 Å². The minimum Gasteiger partial charge on any atom is -0.508 e. The van der Waals surface area contributed by atoms with E-state index in [1.807, 2.05) is 12.1 Å². The molecule has 43 heavy (non-hydrogen) atoms. The van der Waals surface area contributed by atoms with Crippen LogP contribution in [0.2, 0.25) is 0 Å². The van der Waals surface area contributed by atoms with Crippen molar-refractivity contribution < 1.29 is 10.2 Å².